The van der Waals surface area contributed by atoms with Crippen molar-refractivity contribution in [3.63, 3.8) is 0 Å². The number of hydrogen-bond donors (Lipinski definition) is 0. The van der Waals surface area contributed by atoms with Gasteiger partial charge in [0.05, 0.1) is 16.8 Å². The molecule has 0 radical (unpaired) electrons. The maximum Gasteiger partial charge on any atom is 0.143 e. The normalized spacial score (nSPS) is 11.8. The second-order valence-electron chi connectivity index (χ2n) is 16.3. The molecule has 0 unspecified atom stereocenters. The van der Waals surface area contributed by atoms with Crippen LogP contribution in [0.15, 0.2) is 233 Å². The largest absolute Gasteiger partial charge is 0.456 e. The Morgan fingerprint density at radius 3 is 1.67 bits per heavy atom. The predicted octanol–water partition coefficient (Wildman–Crippen LogP) is 18.0. The minimum atomic E-state index is 0.838. The molecule has 0 aliphatic carbocycles. The van der Waals surface area contributed by atoms with Gasteiger partial charge in [0.25, 0.3) is 0 Å². The number of para-hydroxylation sites is 1. The highest BCUT2D eigenvalue weighted by Crippen LogP contribution is 2.52. The van der Waals surface area contributed by atoms with E-state index in [9.17, 15) is 0 Å². The third kappa shape index (κ3) is 5.81. The number of furan rings is 2. The van der Waals surface area contributed by atoms with Crippen molar-refractivity contribution in [2.75, 3.05) is 4.90 Å². The van der Waals surface area contributed by atoms with E-state index in [1.807, 2.05) is 17.4 Å². The van der Waals surface area contributed by atoms with Gasteiger partial charge in [0.2, 0.25) is 0 Å². The fourth-order valence-electron chi connectivity index (χ4n) is 9.76. The van der Waals surface area contributed by atoms with Gasteiger partial charge in [0, 0.05) is 47.6 Å². The van der Waals surface area contributed by atoms with Gasteiger partial charge in [0.15, 0.2) is 0 Å². The van der Waals surface area contributed by atoms with Crippen LogP contribution in [0.2, 0.25) is 0 Å². The fourth-order valence-corrected chi connectivity index (χ4v) is 11.1. The zero-order chi connectivity index (χ0) is 42.1. The maximum absolute atomic E-state index is 6.96. The van der Waals surface area contributed by atoms with Crippen molar-refractivity contribution in [2.45, 2.75) is 0 Å². The smallest absolute Gasteiger partial charge is 0.143 e. The highest BCUT2D eigenvalue weighted by atomic mass is 32.1. The highest BCUT2D eigenvalue weighted by Gasteiger charge is 2.26. The number of fused-ring (bicyclic) bond motifs is 9. The van der Waals surface area contributed by atoms with Crippen LogP contribution in [0.1, 0.15) is 0 Å². The van der Waals surface area contributed by atoms with Crippen molar-refractivity contribution in [2.24, 2.45) is 0 Å². The van der Waals surface area contributed by atoms with Crippen LogP contribution in [-0.4, -0.2) is 0 Å². The number of benzene rings is 10. The van der Waals surface area contributed by atoms with E-state index in [4.69, 9.17) is 8.83 Å². The first-order chi connectivity index (χ1) is 31.7. The van der Waals surface area contributed by atoms with E-state index < -0.39 is 0 Å². The lowest BCUT2D eigenvalue weighted by Crippen LogP contribution is -2.11. The molecule has 0 aliphatic rings. The molecule has 0 saturated heterocycles. The Balaban J connectivity index is 1.14. The molecular formula is C60H37NO2S. The van der Waals surface area contributed by atoms with Crippen LogP contribution in [-0.2, 0) is 0 Å². The summed E-state index contributed by atoms with van der Waals surface area (Å²) < 4.78 is 16.0. The molecule has 10 aromatic carbocycles. The first kappa shape index (κ1) is 36.5. The molecule has 0 fully saturated rings. The molecule has 13 rings (SSSR count). The Morgan fingerprint density at radius 2 is 0.922 bits per heavy atom. The predicted molar refractivity (Wildman–Crippen MR) is 270 cm³/mol. The average Bonchev–Trinajstić information content (AvgIpc) is 4.07. The van der Waals surface area contributed by atoms with Crippen LogP contribution in [0.25, 0.3) is 109 Å². The molecule has 0 spiro atoms. The second-order valence-corrected chi connectivity index (χ2v) is 17.4. The Hall–Kier alpha value is -8.18. The van der Waals surface area contributed by atoms with Crippen LogP contribution >= 0.6 is 11.3 Å². The number of thiophene rings is 1. The van der Waals surface area contributed by atoms with E-state index in [1.54, 1.807) is 0 Å². The first-order valence-electron chi connectivity index (χ1n) is 21.7. The third-order valence-corrected chi connectivity index (χ3v) is 13.9. The topological polar surface area (TPSA) is 29.5 Å². The van der Waals surface area contributed by atoms with Crippen LogP contribution < -0.4 is 4.90 Å². The van der Waals surface area contributed by atoms with E-state index in [2.05, 4.69) is 223 Å². The summed E-state index contributed by atoms with van der Waals surface area (Å²) in [6.07, 6.45) is 0. The van der Waals surface area contributed by atoms with Gasteiger partial charge in [-0.1, -0.05) is 170 Å². The summed E-state index contributed by atoms with van der Waals surface area (Å²) in [5, 5.41) is 6.72. The van der Waals surface area contributed by atoms with Gasteiger partial charge < -0.3 is 13.7 Å². The van der Waals surface area contributed by atoms with Crippen molar-refractivity contribution in [3.05, 3.63) is 224 Å². The molecule has 0 atom stereocenters. The standard InChI is InChI=1S/C60H37NO2S/c1-5-16-38(17-6-1)42-28-30-48-55(36-42)64-60-46(41-22-11-4-12-23-41)33-34-51(58(48)60)61(50-25-15-27-54-57(50)47-24-13-14-26-52(47)62-54)43-29-35-53-49(37-43)56-44(39-18-7-2-8-19-39)31-32-45(59(56)63-53)40-20-9-3-10-21-40/h1-37H. The van der Waals surface area contributed by atoms with E-state index in [1.165, 1.54) is 42.4 Å². The quantitative estimate of drug-likeness (QED) is 0.160. The Morgan fingerprint density at radius 1 is 0.328 bits per heavy atom. The van der Waals surface area contributed by atoms with Crippen molar-refractivity contribution in [3.8, 4) is 44.5 Å². The molecule has 3 nitrogen and oxygen atoms in total. The molecule has 64 heavy (non-hydrogen) atoms. The van der Waals surface area contributed by atoms with Gasteiger partial charge in [0.1, 0.15) is 22.3 Å². The van der Waals surface area contributed by atoms with Gasteiger partial charge in [-0.2, -0.15) is 0 Å². The Labute approximate surface area is 373 Å². The SMILES string of the molecule is c1ccc(-c2ccc3c(c2)sc2c(-c4ccccc4)ccc(N(c4ccc5oc6c(-c7ccccc7)ccc(-c7ccccc7)c6c5c4)c4cccc5oc6ccccc6c45)c23)cc1. The Kier molecular flexibility index (Phi) is 8.40. The third-order valence-electron chi connectivity index (χ3n) is 12.7. The van der Waals surface area contributed by atoms with Crippen molar-refractivity contribution < 1.29 is 8.83 Å². The lowest BCUT2D eigenvalue weighted by Gasteiger charge is -2.28. The molecule has 0 amide bonds. The first-order valence-corrected chi connectivity index (χ1v) is 22.5. The van der Waals surface area contributed by atoms with Crippen LogP contribution in [0.5, 0.6) is 0 Å². The monoisotopic (exact) mass is 835 g/mol. The molecule has 3 aromatic heterocycles. The summed E-state index contributed by atoms with van der Waals surface area (Å²) in [6.45, 7) is 0. The summed E-state index contributed by atoms with van der Waals surface area (Å²) >= 11 is 1.87. The zero-order valence-corrected chi connectivity index (χ0v) is 35.4. The fraction of sp³-hybridized carbons (Fsp3) is 0. The number of anilines is 3. The van der Waals surface area contributed by atoms with Gasteiger partial charge in [-0.05, 0) is 93.5 Å². The molecule has 13 aromatic rings. The van der Waals surface area contributed by atoms with E-state index >= 15 is 0 Å². The summed E-state index contributed by atoms with van der Waals surface area (Å²) in [5.41, 5.74) is 15.8. The lowest BCUT2D eigenvalue weighted by atomic mass is 9.94. The second kappa shape index (κ2) is 14.7. The maximum atomic E-state index is 6.96. The molecule has 300 valence electrons. The number of rotatable bonds is 7. The Bertz CT molecular complexity index is 3890. The van der Waals surface area contributed by atoms with E-state index in [-0.39, 0.29) is 0 Å². The summed E-state index contributed by atoms with van der Waals surface area (Å²) in [7, 11) is 0. The average molecular weight is 836 g/mol. The van der Waals surface area contributed by atoms with Crippen molar-refractivity contribution >= 4 is 92.4 Å². The van der Waals surface area contributed by atoms with Crippen molar-refractivity contribution in [1.29, 1.82) is 0 Å². The molecule has 0 aliphatic heterocycles. The van der Waals surface area contributed by atoms with Crippen LogP contribution in [0.3, 0.4) is 0 Å². The number of nitrogens with zero attached hydrogens (tertiary/aromatic N) is 1. The van der Waals surface area contributed by atoms with E-state index in [0.29, 0.717) is 0 Å². The molecule has 0 saturated carbocycles. The highest BCUT2D eigenvalue weighted by molar-refractivity contribution is 7.26. The van der Waals surface area contributed by atoms with Crippen LogP contribution in [0, 0.1) is 0 Å². The summed E-state index contributed by atoms with van der Waals surface area (Å²) in [4.78, 5) is 2.46. The van der Waals surface area contributed by atoms with Gasteiger partial charge >= 0.3 is 0 Å². The summed E-state index contributed by atoms with van der Waals surface area (Å²) in [5.74, 6) is 0. The van der Waals surface area contributed by atoms with Gasteiger partial charge in [-0.15, -0.1) is 11.3 Å². The van der Waals surface area contributed by atoms with E-state index in [0.717, 1.165) is 83.2 Å². The molecular weight excluding hydrogens is 799 g/mol. The minimum absolute atomic E-state index is 0.838. The van der Waals surface area contributed by atoms with Gasteiger partial charge in [-0.25, -0.2) is 0 Å². The minimum Gasteiger partial charge on any atom is -0.456 e. The molecule has 4 heteroatoms. The van der Waals surface area contributed by atoms with Crippen LogP contribution in [0.4, 0.5) is 17.1 Å². The molecule has 0 N–H and O–H groups in total. The lowest BCUT2D eigenvalue weighted by molar-refractivity contribution is 0.669. The van der Waals surface area contributed by atoms with Crippen molar-refractivity contribution in [1.82, 2.24) is 0 Å². The molecule has 3 heterocycles. The summed E-state index contributed by atoms with van der Waals surface area (Å²) in [6, 6.07) is 80.3. The molecule has 0 bridgehead atoms. The zero-order valence-electron chi connectivity index (χ0n) is 34.5. The van der Waals surface area contributed by atoms with Gasteiger partial charge in [-0.3, -0.25) is 0 Å². The number of hydrogen-bond acceptors (Lipinski definition) is 4.